The summed E-state index contributed by atoms with van der Waals surface area (Å²) in [6, 6.07) is 18.0. The number of benzene rings is 2. The summed E-state index contributed by atoms with van der Waals surface area (Å²) >= 11 is 1.88. The Labute approximate surface area is 243 Å². The van der Waals surface area contributed by atoms with Gasteiger partial charge in [0.1, 0.15) is 0 Å². The number of halogens is 1. The molecule has 0 bridgehead atoms. The quantitative estimate of drug-likeness (QED) is 0.340. The van der Waals surface area contributed by atoms with E-state index in [2.05, 4.69) is 131 Å². The van der Waals surface area contributed by atoms with E-state index in [1.165, 1.54) is 45.2 Å². The molecule has 0 N–H and O–H groups in total. The van der Waals surface area contributed by atoms with Crippen molar-refractivity contribution in [2.24, 2.45) is 5.41 Å². The molecule has 4 rings (SSSR count). The molecule has 1 atom stereocenters. The SMILES string of the molecule is CC1=CCCC(C)=CCC(C)(C)C=CC1.CCN(CC)C(C)CN1c2ccccc2Sc2ccccc21.Cl. The third kappa shape index (κ3) is 9.36. The molecule has 1 aliphatic carbocycles. The average molecular weight is 553 g/mol. The van der Waals surface area contributed by atoms with E-state index in [9.17, 15) is 0 Å². The molecule has 2 aliphatic rings. The van der Waals surface area contributed by atoms with Gasteiger partial charge in [0.25, 0.3) is 0 Å². The fourth-order valence-corrected chi connectivity index (χ4v) is 6.10. The smallest absolute Gasteiger partial charge is 0.0553 e. The molecule has 0 radical (unpaired) electrons. The monoisotopic (exact) mass is 552 g/mol. The molecular weight excluding hydrogens is 504 g/mol. The maximum Gasteiger partial charge on any atom is 0.0553 e. The second-order valence-electron chi connectivity index (χ2n) is 11.2. The maximum atomic E-state index is 2.52. The molecule has 2 nitrogen and oxygen atoms in total. The van der Waals surface area contributed by atoms with Crippen LogP contribution in [-0.2, 0) is 0 Å². The summed E-state index contributed by atoms with van der Waals surface area (Å²) < 4.78 is 0. The highest BCUT2D eigenvalue weighted by Gasteiger charge is 2.25. The van der Waals surface area contributed by atoms with Crippen molar-refractivity contribution in [3.8, 4) is 0 Å². The molecule has 0 saturated carbocycles. The Kier molecular flexibility index (Phi) is 13.2. The number of para-hydroxylation sites is 2. The van der Waals surface area contributed by atoms with E-state index in [1.807, 2.05) is 11.8 Å². The number of rotatable bonds is 5. The lowest BCUT2D eigenvalue weighted by molar-refractivity contribution is 0.236. The summed E-state index contributed by atoms with van der Waals surface area (Å²) in [7, 11) is 0. The number of hydrogen-bond acceptors (Lipinski definition) is 3. The molecule has 4 heteroatoms. The van der Waals surface area contributed by atoms with Crippen molar-refractivity contribution in [2.75, 3.05) is 24.5 Å². The van der Waals surface area contributed by atoms with Crippen LogP contribution in [0.2, 0.25) is 0 Å². The van der Waals surface area contributed by atoms with Gasteiger partial charge in [-0.05, 0) is 89.2 Å². The molecular formula is C34H49ClN2S. The van der Waals surface area contributed by atoms with Crippen LogP contribution in [0.25, 0.3) is 0 Å². The van der Waals surface area contributed by atoms with Gasteiger partial charge in [-0.3, -0.25) is 4.90 Å². The van der Waals surface area contributed by atoms with Crippen LogP contribution < -0.4 is 4.90 Å². The van der Waals surface area contributed by atoms with Crippen LogP contribution >= 0.6 is 24.2 Å². The Balaban J connectivity index is 0.000000280. The Morgan fingerprint density at radius 2 is 1.47 bits per heavy atom. The second-order valence-corrected chi connectivity index (χ2v) is 12.2. The van der Waals surface area contributed by atoms with Gasteiger partial charge in [-0.25, -0.2) is 0 Å². The molecule has 38 heavy (non-hydrogen) atoms. The van der Waals surface area contributed by atoms with Crippen LogP contribution in [0, 0.1) is 5.41 Å². The molecule has 0 saturated heterocycles. The second kappa shape index (κ2) is 15.6. The largest absolute Gasteiger partial charge is 0.338 e. The first kappa shape index (κ1) is 32.3. The van der Waals surface area contributed by atoms with Gasteiger partial charge >= 0.3 is 0 Å². The molecule has 0 spiro atoms. The normalized spacial score (nSPS) is 17.4. The first-order valence-corrected chi connectivity index (χ1v) is 14.9. The minimum atomic E-state index is 0. The van der Waals surface area contributed by atoms with Crippen LogP contribution in [0.4, 0.5) is 11.4 Å². The Morgan fingerprint density at radius 3 is 2.05 bits per heavy atom. The first-order chi connectivity index (χ1) is 17.7. The van der Waals surface area contributed by atoms with Crippen LogP contribution in [0.5, 0.6) is 0 Å². The van der Waals surface area contributed by atoms with E-state index in [-0.39, 0.29) is 12.4 Å². The Bertz CT molecular complexity index is 1050. The van der Waals surface area contributed by atoms with Crippen LogP contribution in [-0.4, -0.2) is 30.6 Å². The summed E-state index contributed by atoms with van der Waals surface area (Å²) in [5, 5.41) is 0. The lowest BCUT2D eigenvalue weighted by Crippen LogP contribution is -2.41. The van der Waals surface area contributed by atoms with Gasteiger partial charge in [-0.15, -0.1) is 12.4 Å². The molecule has 2 aromatic rings. The minimum Gasteiger partial charge on any atom is -0.338 e. The topological polar surface area (TPSA) is 6.48 Å². The maximum absolute atomic E-state index is 2.52. The van der Waals surface area contributed by atoms with Crippen LogP contribution in [0.15, 0.2) is 93.8 Å². The summed E-state index contributed by atoms with van der Waals surface area (Å²) in [6.45, 7) is 19.1. The number of allylic oxidation sites excluding steroid dienone is 6. The van der Waals surface area contributed by atoms with Crippen molar-refractivity contribution in [2.45, 2.75) is 90.0 Å². The predicted molar refractivity (Wildman–Crippen MR) is 173 cm³/mol. The van der Waals surface area contributed by atoms with Gasteiger partial charge in [-0.1, -0.05) is 99.2 Å². The lowest BCUT2D eigenvalue weighted by Gasteiger charge is -2.37. The summed E-state index contributed by atoms with van der Waals surface area (Å²) in [6.07, 6.45) is 14.1. The average Bonchev–Trinajstić information content (AvgIpc) is 2.90. The highest BCUT2D eigenvalue weighted by atomic mass is 35.5. The molecule has 0 amide bonds. The van der Waals surface area contributed by atoms with E-state index in [1.54, 1.807) is 0 Å². The zero-order chi connectivity index (χ0) is 26.8. The van der Waals surface area contributed by atoms with Crippen molar-refractivity contribution >= 4 is 35.5 Å². The van der Waals surface area contributed by atoms with Crippen LogP contribution in [0.3, 0.4) is 0 Å². The fourth-order valence-electron chi connectivity index (χ4n) is 5.01. The third-order valence-electron chi connectivity index (χ3n) is 7.43. The number of hydrogen-bond donors (Lipinski definition) is 0. The predicted octanol–water partition coefficient (Wildman–Crippen LogP) is 10.5. The molecule has 2 aromatic carbocycles. The number of anilines is 2. The van der Waals surface area contributed by atoms with E-state index in [4.69, 9.17) is 0 Å². The molecule has 208 valence electrons. The molecule has 1 heterocycles. The van der Waals surface area contributed by atoms with Crippen LogP contribution in [0.1, 0.15) is 74.1 Å². The van der Waals surface area contributed by atoms with Crippen molar-refractivity contribution in [1.82, 2.24) is 4.90 Å². The van der Waals surface area contributed by atoms with Crippen molar-refractivity contribution in [3.63, 3.8) is 0 Å². The summed E-state index contributed by atoms with van der Waals surface area (Å²) in [5.74, 6) is 0. The third-order valence-corrected chi connectivity index (χ3v) is 8.56. The van der Waals surface area contributed by atoms with E-state index in [0.717, 1.165) is 32.5 Å². The van der Waals surface area contributed by atoms with Gasteiger partial charge in [0.2, 0.25) is 0 Å². The van der Waals surface area contributed by atoms with Crippen molar-refractivity contribution < 1.29 is 0 Å². The molecule has 1 unspecified atom stereocenters. The van der Waals surface area contributed by atoms with Gasteiger partial charge in [-0.2, -0.15) is 0 Å². The standard InChI is InChI=1S/C19H24N2S.C15H24.ClH/c1-4-20(5-2)15(3)14-21-16-10-6-8-12-18(16)22-19-13-9-7-11-17(19)21;1-13-7-5-8-14(2)10-12-15(3,4)11-6-9-13;/h6-13,15H,4-5,14H2,1-3H3;6-7,10-11H,5,8-9,12H2,1-4H3;1H. The van der Waals surface area contributed by atoms with Gasteiger partial charge in [0.15, 0.2) is 0 Å². The highest BCUT2D eigenvalue weighted by Crippen LogP contribution is 2.47. The highest BCUT2D eigenvalue weighted by molar-refractivity contribution is 7.99. The van der Waals surface area contributed by atoms with Gasteiger partial charge in [0, 0.05) is 22.4 Å². The molecule has 0 fully saturated rings. The Hall–Kier alpha value is -1.94. The summed E-state index contributed by atoms with van der Waals surface area (Å²) in [5.41, 5.74) is 6.01. The molecule has 0 aromatic heterocycles. The zero-order valence-electron chi connectivity index (χ0n) is 24.7. The van der Waals surface area contributed by atoms with Gasteiger partial charge in [0.05, 0.1) is 11.4 Å². The first-order valence-electron chi connectivity index (χ1n) is 14.1. The zero-order valence-corrected chi connectivity index (χ0v) is 26.3. The van der Waals surface area contributed by atoms with E-state index >= 15 is 0 Å². The van der Waals surface area contributed by atoms with Gasteiger partial charge < -0.3 is 4.90 Å². The minimum absolute atomic E-state index is 0. The fraction of sp³-hybridized carbons (Fsp3) is 0.471. The summed E-state index contributed by atoms with van der Waals surface area (Å²) in [4.78, 5) is 7.72. The number of fused-ring (bicyclic) bond motifs is 2. The number of likely N-dealkylation sites (N-methyl/N-ethyl adjacent to an activating group) is 1. The van der Waals surface area contributed by atoms with Crippen molar-refractivity contribution in [1.29, 1.82) is 0 Å². The van der Waals surface area contributed by atoms with E-state index < -0.39 is 0 Å². The molecule has 1 aliphatic heterocycles. The van der Waals surface area contributed by atoms with E-state index in [0.29, 0.717) is 11.5 Å². The number of nitrogens with zero attached hydrogens (tertiary/aromatic N) is 2. The Morgan fingerprint density at radius 1 is 0.895 bits per heavy atom. The lowest BCUT2D eigenvalue weighted by atomic mass is 9.87. The van der Waals surface area contributed by atoms with Crippen molar-refractivity contribution in [3.05, 3.63) is 84.0 Å².